The number of aryl methyl sites for hydroxylation is 1. The molecule has 1 saturated heterocycles. The largest absolute Gasteiger partial charge is 0.484 e. The van der Waals surface area contributed by atoms with Crippen molar-refractivity contribution < 1.29 is 14.4 Å². The number of piperidine rings is 1. The average Bonchev–Trinajstić information content (AvgIpc) is 2.47. The smallest absolute Gasteiger partial charge is 0.260 e. The van der Waals surface area contributed by atoms with Gasteiger partial charge in [-0.3, -0.25) is 4.79 Å². The van der Waals surface area contributed by atoms with Crippen molar-refractivity contribution >= 4 is 5.91 Å². The van der Waals surface area contributed by atoms with Gasteiger partial charge in [-0.25, -0.2) is 5.90 Å². The number of hydrogen-bond acceptors (Lipinski definition) is 4. The van der Waals surface area contributed by atoms with Crippen LogP contribution in [0.1, 0.15) is 18.4 Å². The molecule has 1 fully saturated rings. The predicted octanol–water partition coefficient (Wildman–Crippen LogP) is 1.50. The van der Waals surface area contributed by atoms with Crippen LogP contribution >= 0.6 is 0 Å². The number of amides is 1. The minimum absolute atomic E-state index is 0.0395. The topological polar surface area (TPSA) is 64.8 Å². The lowest BCUT2D eigenvalue weighted by Gasteiger charge is -2.31. The molecule has 2 rings (SSSR count). The van der Waals surface area contributed by atoms with Crippen LogP contribution < -0.4 is 10.6 Å². The Balaban J connectivity index is 1.74. The molecule has 0 atom stereocenters. The Morgan fingerprint density at radius 3 is 2.55 bits per heavy atom. The molecular weight excluding hydrogens is 256 g/mol. The van der Waals surface area contributed by atoms with E-state index in [2.05, 4.69) is 4.84 Å². The second-order valence-electron chi connectivity index (χ2n) is 5.26. The minimum atomic E-state index is 0.0395. The lowest BCUT2D eigenvalue weighted by atomic mass is 9.98. The number of nitrogens with two attached hydrogens (primary N) is 1. The zero-order valence-electron chi connectivity index (χ0n) is 11.9. The maximum atomic E-state index is 12.0. The maximum absolute atomic E-state index is 12.0. The van der Waals surface area contributed by atoms with E-state index in [1.807, 2.05) is 36.1 Å². The summed E-state index contributed by atoms with van der Waals surface area (Å²) in [7, 11) is 0. The van der Waals surface area contributed by atoms with Crippen molar-refractivity contribution in [2.75, 3.05) is 26.3 Å². The van der Waals surface area contributed by atoms with Gasteiger partial charge in [0.15, 0.2) is 6.61 Å². The first-order valence-corrected chi connectivity index (χ1v) is 6.98. The summed E-state index contributed by atoms with van der Waals surface area (Å²) in [6, 6.07) is 7.71. The second-order valence-corrected chi connectivity index (χ2v) is 5.26. The normalized spacial score (nSPS) is 16.2. The van der Waals surface area contributed by atoms with Gasteiger partial charge in [0, 0.05) is 13.1 Å². The summed E-state index contributed by atoms with van der Waals surface area (Å²) in [5.41, 5.74) is 1.17. The molecule has 1 aromatic carbocycles. The van der Waals surface area contributed by atoms with Crippen LogP contribution in [-0.4, -0.2) is 37.1 Å². The molecule has 1 amide bonds. The van der Waals surface area contributed by atoms with Crippen LogP contribution in [0.3, 0.4) is 0 Å². The van der Waals surface area contributed by atoms with Crippen molar-refractivity contribution in [3.63, 3.8) is 0 Å². The molecule has 110 valence electrons. The summed E-state index contributed by atoms with van der Waals surface area (Å²) < 4.78 is 5.51. The fourth-order valence-corrected chi connectivity index (χ4v) is 2.36. The highest BCUT2D eigenvalue weighted by Crippen LogP contribution is 2.17. The van der Waals surface area contributed by atoms with Crippen molar-refractivity contribution in [3.8, 4) is 5.75 Å². The summed E-state index contributed by atoms with van der Waals surface area (Å²) in [5.74, 6) is 6.31. The van der Waals surface area contributed by atoms with Crippen molar-refractivity contribution in [1.29, 1.82) is 0 Å². The number of carbonyl (C=O) groups is 1. The van der Waals surface area contributed by atoms with Gasteiger partial charge >= 0.3 is 0 Å². The minimum Gasteiger partial charge on any atom is -0.484 e. The summed E-state index contributed by atoms with van der Waals surface area (Å²) in [5, 5.41) is 0. The molecule has 5 heteroatoms. The SMILES string of the molecule is Cc1ccc(OCC(=O)N2CCC(CON)CC2)cc1. The highest BCUT2D eigenvalue weighted by Gasteiger charge is 2.22. The van der Waals surface area contributed by atoms with Gasteiger partial charge in [-0.15, -0.1) is 0 Å². The molecule has 1 heterocycles. The van der Waals surface area contributed by atoms with Gasteiger partial charge in [-0.1, -0.05) is 17.7 Å². The number of carbonyl (C=O) groups excluding carboxylic acids is 1. The molecule has 20 heavy (non-hydrogen) atoms. The van der Waals surface area contributed by atoms with Gasteiger partial charge < -0.3 is 14.5 Å². The molecule has 0 radical (unpaired) electrons. The highest BCUT2D eigenvalue weighted by atomic mass is 16.6. The van der Waals surface area contributed by atoms with Crippen molar-refractivity contribution in [2.24, 2.45) is 11.8 Å². The summed E-state index contributed by atoms with van der Waals surface area (Å²) in [6.07, 6.45) is 1.88. The van der Waals surface area contributed by atoms with Crippen LogP contribution in [0.25, 0.3) is 0 Å². The average molecular weight is 278 g/mol. The standard InChI is InChI=1S/C15H22N2O3/c1-12-2-4-14(5-3-12)19-11-15(18)17-8-6-13(7-9-17)10-20-16/h2-5,13H,6-11,16H2,1H3. The molecule has 5 nitrogen and oxygen atoms in total. The summed E-state index contributed by atoms with van der Waals surface area (Å²) in [4.78, 5) is 18.6. The third-order valence-corrected chi connectivity index (χ3v) is 3.68. The van der Waals surface area contributed by atoms with Crippen LogP contribution in [0.15, 0.2) is 24.3 Å². The van der Waals surface area contributed by atoms with Crippen molar-refractivity contribution in [1.82, 2.24) is 4.90 Å². The Hall–Kier alpha value is -1.59. The Kier molecular flexibility index (Phi) is 5.38. The molecule has 0 bridgehead atoms. The molecule has 2 N–H and O–H groups in total. The third-order valence-electron chi connectivity index (χ3n) is 3.68. The van der Waals surface area contributed by atoms with E-state index in [-0.39, 0.29) is 12.5 Å². The van der Waals surface area contributed by atoms with E-state index in [4.69, 9.17) is 10.6 Å². The summed E-state index contributed by atoms with van der Waals surface area (Å²) in [6.45, 7) is 4.20. The molecule has 1 aromatic rings. The van der Waals surface area contributed by atoms with Crippen LogP contribution in [0.4, 0.5) is 0 Å². The fraction of sp³-hybridized carbons (Fsp3) is 0.533. The predicted molar refractivity (Wildman–Crippen MR) is 76.1 cm³/mol. The zero-order valence-corrected chi connectivity index (χ0v) is 11.9. The quantitative estimate of drug-likeness (QED) is 0.829. The van der Waals surface area contributed by atoms with Gasteiger partial charge in [-0.2, -0.15) is 0 Å². The Morgan fingerprint density at radius 1 is 1.30 bits per heavy atom. The van der Waals surface area contributed by atoms with Crippen LogP contribution in [0.5, 0.6) is 5.75 Å². The second kappa shape index (κ2) is 7.26. The van der Waals surface area contributed by atoms with Crippen molar-refractivity contribution in [2.45, 2.75) is 19.8 Å². The molecule has 0 unspecified atom stereocenters. The third kappa shape index (κ3) is 4.21. The molecule has 0 aliphatic carbocycles. The molecule has 0 saturated carbocycles. The van der Waals surface area contributed by atoms with E-state index >= 15 is 0 Å². The number of hydrogen-bond donors (Lipinski definition) is 1. The van der Waals surface area contributed by atoms with E-state index in [1.165, 1.54) is 5.56 Å². The van der Waals surface area contributed by atoms with Crippen LogP contribution in [0, 0.1) is 12.8 Å². The lowest BCUT2D eigenvalue weighted by molar-refractivity contribution is -0.135. The van der Waals surface area contributed by atoms with E-state index in [9.17, 15) is 4.79 Å². The number of nitrogens with zero attached hydrogens (tertiary/aromatic N) is 1. The van der Waals surface area contributed by atoms with E-state index < -0.39 is 0 Å². The monoisotopic (exact) mass is 278 g/mol. The summed E-state index contributed by atoms with van der Waals surface area (Å²) >= 11 is 0. The first-order valence-electron chi connectivity index (χ1n) is 6.98. The maximum Gasteiger partial charge on any atom is 0.260 e. The number of likely N-dealkylation sites (tertiary alicyclic amines) is 1. The first kappa shape index (κ1) is 14.8. The Bertz CT molecular complexity index is 425. The van der Waals surface area contributed by atoms with Gasteiger partial charge in [0.25, 0.3) is 5.91 Å². The lowest BCUT2D eigenvalue weighted by Crippen LogP contribution is -2.41. The van der Waals surface area contributed by atoms with Gasteiger partial charge in [0.2, 0.25) is 0 Å². The van der Waals surface area contributed by atoms with E-state index in [0.29, 0.717) is 12.5 Å². The number of rotatable bonds is 5. The van der Waals surface area contributed by atoms with Crippen LogP contribution in [0.2, 0.25) is 0 Å². The molecular formula is C15H22N2O3. The zero-order chi connectivity index (χ0) is 14.4. The van der Waals surface area contributed by atoms with E-state index in [1.54, 1.807) is 0 Å². The van der Waals surface area contributed by atoms with Gasteiger partial charge in [0.05, 0.1) is 6.61 Å². The molecule has 0 aromatic heterocycles. The van der Waals surface area contributed by atoms with Crippen LogP contribution in [-0.2, 0) is 9.63 Å². The molecule has 0 spiro atoms. The number of ether oxygens (including phenoxy) is 1. The van der Waals surface area contributed by atoms with E-state index in [0.717, 1.165) is 31.7 Å². The fourth-order valence-electron chi connectivity index (χ4n) is 2.36. The molecule has 1 aliphatic rings. The highest BCUT2D eigenvalue weighted by molar-refractivity contribution is 5.77. The number of benzene rings is 1. The Morgan fingerprint density at radius 2 is 1.95 bits per heavy atom. The first-order chi connectivity index (χ1) is 9.69. The Labute approximate surface area is 119 Å². The molecule has 1 aliphatic heterocycles. The van der Waals surface area contributed by atoms with Gasteiger partial charge in [-0.05, 0) is 37.8 Å². The van der Waals surface area contributed by atoms with Crippen molar-refractivity contribution in [3.05, 3.63) is 29.8 Å². The van der Waals surface area contributed by atoms with Gasteiger partial charge in [0.1, 0.15) is 5.75 Å².